The van der Waals surface area contributed by atoms with Crippen LogP contribution in [-0.2, 0) is 19.6 Å². The molecule has 0 spiro atoms. The van der Waals surface area contributed by atoms with E-state index in [0.717, 1.165) is 6.07 Å². The van der Waals surface area contributed by atoms with Gasteiger partial charge in [-0.15, -0.1) is 0 Å². The Labute approximate surface area is 184 Å². The van der Waals surface area contributed by atoms with Crippen molar-refractivity contribution in [3.63, 3.8) is 0 Å². The molecule has 1 heterocycles. The number of nitrogens with one attached hydrogen (secondary N) is 2. The summed E-state index contributed by atoms with van der Waals surface area (Å²) in [7, 11) is -2.15. The number of primary sulfonamides is 1. The number of carbonyl (C=O) groups is 2. The number of benzene rings is 1. The molecule has 4 N–H and O–H groups in total. The minimum atomic E-state index is -3.74. The summed E-state index contributed by atoms with van der Waals surface area (Å²) in [6, 6.07) is 3.40. The van der Waals surface area contributed by atoms with Crippen LogP contribution in [-0.4, -0.2) is 61.3 Å². The Balaban J connectivity index is 1.23. The van der Waals surface area contributed by atoms with Crippen molar-refractivity contribution in [3.05, 3.63) is 29.0 Å². The van der Waals surface area contributed by atoms with E-state index in [4.69, 9.17) is 21.5 Å². The number of nitrogens with zero attached hydrogens (tertiary/aromatic N) is 1. The summed E-state index contributed by atoms with van der Waals surface area (Å²) in [6.45, 7) is -0.260. The van der Waals surface area contributed by atoms with E-state index in [2.05, 4.69) is 10.6 Å². The number of ether oxygens (including phenoxy) is 1. The van der Waals surface area contributed by atoms with Gasteiger partial charge in [0, 0.05) is 17.1 Å². The van der Waals surface area contributed by atoms with E-state index < -0.39 is 27.3 Å². The van der Waals surface area contributed by atoms with Crippen molar-refractivity contribution >= 4 is 33.4 Å². The summed E-state index contributed by atoms with van der Waals surface area (Å²) in [6.07, 6.45) is 2.54. The molecule has 2 bridgehead atoms. The van der Waals surface area contributed by atoms with Gasteiger partial charge in [-0.3, -0.25) is 14.5 Å². The number of rotatable bonds is 7. The van der Waals surface area contributed by atoms with E-state index in [9.17, 15) is 22.4 Å². The van der Waals surface area contributed by atoms with Gasteiger partial charge in [0.15, 0.2) is 6.61 Å². The van der Waals surface area contributed by atoms with Gasteiger partial charge in [-0.25, -0.2) is 17.9 Å². The lowest BCUT2D eigenvalue weighted by molar-refractivity contribution is -0.152. The first kappa shape index (κ1) is 22.3. The smallest absolute Gasteiger partial charge is 0.258 e. The molecule has 0 radical (unpaired) electrons. The lowest BCUT2D eigenvalue weighted by Crippen LogP contribution is -2.84. The monoisotopic (exact) mass is 474 g/mol. The van der Waals surface area contributed by atoms with Crippen molar-refractivity contribution in [3.8, 4) is 5.75 Å². The van der Waals surface area contributed by atoms with Gasteiger partial charge >= 0.3 is 0 Å². The number of carbonyl (C=O) groups excluding carboxylic acids is 2. The zero-order chi connectivity index (χ0) is 22.6. The first-order chi connectivity index (χ1) is 14.4. The number of hydrogen-bond donors (Lipinski definition) is 3. The number of likely N-dealkylation sites (N-methyl/N-ethyl adjacent to an activating group) is 1. The zero-order valence-corrected chi connectivity index (χ0v) is 18.4. The molecule has 12 heteroatoms. The zero-order valence-electron chi connectivity index (χ0n) is 16.9. The third-order valence-corrected chi connectivity index (χ3v) is 8.03. The molecule has 1 aromatic carbocycles. The van der Waals surface area contributed by atoms with Crippen LogP contribution in [0.4, 0.5) is 4.39 Å². The lowest BCUT2D eigenvalue weighted by atomic mass is 9.44. The molecule has 2 unspecified atom stereocenters. The topological polar surface area (TPSA) is 131 Å². The second-order valence-electron chi connectivity index (χ2n) is 8.80. The van der Waals surface area contributed by atoms with E-state index in [1.165, 1.54) is 17.0 Å². The fraction of sp³-hybridized carbons (Fsp3) is 0.579. The fourth-order valence-corrected chi connectivity index (χ4v) is 6.26. The average molecular weight is 475 g/mol. The maximum Gasteiger partial charge on any atom is 0.258 e. The number of likely N-dealkylation sites (tertiary alicyclic amines) is 1. The molecule has 4 aliphatic rings. The van der Waals surface area contributed by atoms with E-state index in [-0.39, 0.29) is 40.3 Å². The largest absolute Gasteiger partial charge is 0.484 e. The predicted octanol–water partition coefficient (Wildman–Crippen LogP) is 0.474. The van der Waals surface area contributed by atoms with Gasteiger partial charge < -0.3 is 15.4 Å². The van der Waals surface area contributed by atoms with Gasteiger partial charge in [0.05, 0.1) is 11.1 Å². The van der Waals surface area contributed by atoms with Crippen LogP contribution < -0.4 is 20.5 Å². The Bertz CT molecular complexity index is 1020. The molecule has 2 amide bonds. The predicted molar refractivity (Wildman–Crippen MR) is 110 cm³/mol. The Morgan fingerprint density at radius 2 is 1.90 bits per heavy atom. The molecule has 5 rings (SSSR count). The summed E-state index contributed by atoms with van der Waals surface area (Å²) >= 11 is 5.61. The second-order valence-corrected chi connectivity index (χ2v) is 10.9. The van der Waals surface area contributed by atoms with Crippen LogP contribution in [0.15, 0.2) is 18.2 Å². The van der Waals surface area contributed by atoms with E-state index in [1.807, 2.05) is 0 Å². The van der Waals surface area contributed by atoms with Gasteiger partial charge in [0.25, 0.3) is 5.91 Å². The molecule has 1 aliphatic heterocycles. The molecule has 3 saturated carbocycles. The van der Waals surface area contributed by atoms with Crippen molar-refractivity contribution in [1.82, 2.24) is 15.5 Å². The Morgan fingerprint density at radius 1 is 1.26 bits per heavy atom. The maximum absolute atomic E-state index is 13.4. The van der Waals surface area contributed by atoms with Crippen molar-refractivity contribution in [2.24, 2.45) is 5.14 Å². The molecular weight excluding hydrogens is 451 g/mol. The van der Waals surface area contributed by atoms with Crippen molar-refractivity contribution in [2.75, 3.05) is 13.7 Å². The minimum absolute atomic E-state index is 0.0259. The second kappa shape index (κ2) is 7.58. The normalized spacial score (nSPS) is 32.0. The van der Waals surface area contributed by atoms with Gasteiger partial charge in [0.2, 0.25) is 15.9 Å². The van der Waals surface area contributed by atoms with Crippen LogP contribution in [0.2, 0.25) is 5.02 Å². The van der Waals surface area contributed by atoms with Crippen LogP contribution in [0.5, 0.6) is 5.75 Å². The van der Waals surface area contributed by atoms with Crippen molar-refractivity contribution in [1.29, 1.82) is 0 Å². The summed E-state index contributed by atoms with van der Waals surface area (Å²) in [5, 5.41) is 10.3. The first-order valence-electron chi connectivity index (χ1n) is 9.87. The summed E-state index contributed by atoms with van der Waals surface area (Å²) in [4.78, 5) is 26.4. The summed E-state index contributed by atoms with van der Waals surface area (Å²) < 4.78 is 42.0. The van der Waals surface area contributed by atoms with Crippen molar-refractivity contribution < 1.29 is 27.1 Å². The molecule has 0 aromatic heterocycles. The van der Waals surface area contributed by atoms with E-state index >= 15 is 0 Å². The highest BCUT2D eigenvalue weighted by Crippen LogP contribution is 2.60. The van der Waals surface area contributed by atoms with E-state index in [0.29, 0.717) is 32.1 Å². The number of nitrogens with two attached hydrogens (primary N) is 1. The Kier molecular flexibility index (Phi) is 5.44. The van der Waals surface area contributed by atoms with Crippen LogP contribution in [0.3, 0.4) is 0 Å². The minimum Gasteiger partial charge on any atom is -0.484 e. The van der Waals surface area contributed by atoms with Crippen LogP contribution in [0.1, 0.15) is 32.1 Å². The highest BCUT2D eigenvalue weighted by atomic mass is 35.5. The standard InChI is InChI=1S/C19H24ClFN4O5S/c1-25-14(4-5-16(25)31(22,28)29)17(27)24-19-8-18(9-19,10-19)23-15(26)7-30-11-2-3-12(20)13(21)6-11/h2-3,6,14,16H,4-5,7-10H2,1H3,(H,23,26)(H,24,27)(H2,22,28,29). The van der Waals surface area contributed by atoms with E-state index in [1.54, 1.807) is 7.05 Å². The fourth-order valence-electron chi connectivity index (χ4n) is 5.07. The molecule has 9 nitrogen and oxygen atoms in total. The average Bonchev–Trinajstić information content (AvgIpc) is 3.01. The summed E-state index contributed by atoms with van der Waals surface area (Å²) in [5.74, 6) is -0.972. The molecule has 170 valence electrons. The third kappa shape index (κ3) is 4.23. The number of sulfonamides is 1. The Morgan fingerprint density at radius 3 is 2.48 bits per heavy atom. The van der Waals surface area contributed by atoms with Crippen LogP contribution in [0.25, 0.3) is 0 Å². The molecule has 31 heavy (non-hydrogen) atoms. The van der Waals surface area contributed by atoms with Crippen molar-refractivity contribution in [2.45, 2.75) is 54.6 Å². The molecular formula is C19H24ClFN4O5S. The lowest BCUT2D eigenvalue weighted by Gasteiger charge is -2.70. The third-order valence-electron chi connectivity index (χ3n) is 6.40. The highest BCUT2D eigenvalue weighted by Gasteiger charge is 2.69. The maximum atomic E-state index is 13.4. The van der Waals surface area contributed by atoms with Gasteiger partial charge in [-0.05, 0) is 51.3 Å². The molecule has 3 aliphatic carbocycles. The quantitative estimate of drug-likeness (QED) is 0.526. The molecule has 2 atom stereocenters. The van der Waals surface area contributed by atoms with Crippen LogP contribution >= 0.6 is 11.6 Å². The van der Waals surface area contributed by atoms with Gasteiger partial charge in [0.1, 0.15) is 16.9 Å². The summed E-state index contributed by atoms with van der Waals surface area (Å²) in [5.41, 5.74) is -0.741. The molecule has 1 saturated heterocycles. The van der Waals surface area contributed by atoms with Crippen LogP contribution in [0, 0.1) is 5.82 Å². The number of amides is 2. The molecule has 1 aromatic rings. The Hall–Kier alpha value is -1.95. The highest BCUT2D eigenvalue weighted by molar-refractivity contribution is 7.89. The first-order valence-corrected chi connectivity index (χ1v) is 11.9. The van der Waals surface area contributed by atoms with Gasteiger partial charge in [-0.1, -0.05) is 11.6 Å². The van der Waals surface area contributed by atoms with Gasteiger partial charge in [-0.2, -0.15) is 0 Å². The number of halogens is 2. The molecule has 4 fully saturated rings. The SMILES string of the molecule is CN1C(C(=O)NC23CC(NC(=O)COc4ccc(Cl)c(F)c4)(C2)C3)CCC1S(N)(=O)=O. The number of hydrogen-bond acceptors (Lipinski definition) is 6.